The number of rotatable bonds is 4. The SMILES string of the molecule is CCc1c([N+](=O)[O-])cc(C(=O)O)cc1[N+](=O)[O-]. The molecule has 8 heteroatoms. The third-order valence-electron chi connectivity index (χ3n) is 2.20. The van der Waals surface area contributed by atoms with Crippen molar-refractivity contribution in [3.63, 3.8) is 0 Å². The van der Waals surface area contributed by atoms with Crippen molar-refractivity contribution in [2.45, 2.75) is 13.3 Å². The van der Waals surface area contributed by atoms with Gasteiger partial charge in [-0.2, -0.15) is 0 Å². The van der Waals surface area contributed by atoms with Crippen LogP contribution in [-0.4, -0.2) is 20.9 Å². The highest BCUT2D eigenvalue weighted by Gasteiger charge is 2.26. The van der Waals surface area contributed by atoms with Crippen molar-refractivity contribution in [3.8, 4) is 0 Å². The average Bonchev–Trinajstić information content (AvgIpc) is 2.26. The van der Waals surface area contributed by atoms with E-state index in [1.165, 1.54) is 6.92 Å². The molecule has 0 aliphatic carbocycles. The first-order chi connectivity index (χ1) is 7.88. The van der Waals surface area contributed by atoms with E-state index in [0.29, 0.717) is 0 Å². The number of aromatic carboxylic acids is 1. The van der Waals surface area contributed by atoms with Crippen LogP contribution >= 0.6 is 0 Å². The summed E-state index contributed by atoms with van der Waals surface area (Å²) in [5.41, 5.74) is -1.64. The maximum atomic E-state index is 10.7. The van der Waals surface area contributed by atoms with Crippen LogP contribution in [0, 0.1) is 20.2 Å². The molecule has 0 heterocycles. The molecule has 1 aromatic carbocycles. The van der Waals surface area contributed by atoms with Crippen molar-refractivity contribution in [2.75, 3.05) is 0 Å². The summed E-state index contributed by atoms with van der Waals surface area (Å²) in [7, 11) is 0. The van der Waals surface area contributed by atoms with Gasteiger partial charge in [-0.1, -0.05) is 6.92 Å². The Morgan fingerprint density at radius 1 is 1.24 bits per heavy atom. The molecule has 1 N–H and O–H groups in total. The van der Waals surface area contributed by atoms with Gasteiger partial charge in [0.1, 0.15) is 5.56 Å². The zero-order chi connectivity index (χ0) is 13.2. The van der Waals surface area contributed by atoms with Gasteiger partial charge in [0.05, 0.1) is 15.4 Å². The Hall–Kier alpha value is -2.51. The Bertz CT molecular complexity index is 475. The normalized spacial score (nSPS) is 9.94. The summed E-state index contributed by atoms with van der Waals surface area (Å²) in [6.07, 6.45) is 0.0759. The van der Waals surface area contributed by atoms with Crippen molar-refractivity contribution < 1.29 is 19.7 Å². The van der Waals surface area contributed by atoms with Gasteiger partial charge in [-0.05, 0) is 6.42 Å². The summed E-state index contributed by atoms with van der Waals surface area (Å²) in [5, 5.41) is 30.2. The smallest absolute Gasteiger partial charge is 0.336 e. The molecule has 8 nitrogen and oxygen atoms in total. The Kier molecular flexibility index (Phi) is 3.37. The zero-order valence-electron chi connectivity index (χ0n) is 8.74. The highest BCUT2D eigenvalue weighted by Crippen LogP contribution is 2.30. The summed E-state index contributed by atoms with van der Waals surface area (Å²) in [6.45, 7) is 1.52. The Balaban J connectivity index is 3.63. The number of hydrogen-bond acceptors (Lipinski definition) is 5. The standard InChI is InChI=1S/C9H8N2O6/c1-2-6-7(10(14)15)3-5(9(12)13)4-8(6)11(16)17/h3-4H,2H2,1H3,(H,12,13). The van der Waals surface area contributed by atoms with E-state index in [1.54, 1.807) is 0 Å². The molecule has 0 aliphatic rings. The molecule has 0 amide bonds. The molecule has 17 heavy (non-hydrogen) atoms. The minimum Gasteiger partial charge on any atom is -0.478 e. The number of nitrogens with zero attached hydrogens (tertiary/aromatic N) is 2. The fraction of sp³-hybridized carbons (Fsp3) is 0.222. The Labute approximate surface area is 94.8 Å². The molecule has 0 aliphatic heterocycles. The second-order valence-corrected chi connectivity index (χ2v) is 3.17. The summed E-state index contributed by atoms with van der Waals surface area (Å²) in [6, 6.07) is 1.66. The first-order valence-electron chi connectivity index (χ1n) is 4.57. The van der Waals surface area contributed by atoms with Crippen LogP contribution in [0.1, 0.15) is 22.8 Å². The van der Waals surface area contributed by atoms with Crippen LogP contribution < -0.4 is 0 Å². The average molecular weight is 240 g/mol. The zero-order valence-corrected chi connectivity index (χ0v) is 8.74. The molecule has 0 radical (unpaired) electrons. The van der Waals surface area contributed by atoms with Gasteiger partial charge in [-0.3, -0.25) is 20.2 Å². The second kappa shape index (κ2) is 4.56. The minimum atomic E-state index is -1.45. The van der Waals surface area contributed by atoms with Crippen LogP contribution in [0.25, 0.3) is 0 Å². The third-order valence-corrected chi connectivity index (χ3v) is 2.20. The Morgan fingerprint density at radius 2 is 1.65 bits per heavy atom. The molecule has 1 aromatic rings. The number of carboxylic acid groups (broad SMARTS) is 1. The van der Waals surface area contributed by atoms with Crippen LogP contribution in [-0.2, 0) is 6.42 Å². The maximum Gasteiger partial charge on any atom is 0.336 e. The molecule has 0 saturated carbocycles. The molecule has 0 saturated heterocycles. The molecular formula is C9H8N2O6. The predicted molar refractivity (Wildman–Crippen MR) is 56.1 cm³/mol. The van der Waals surface area contributed by atoms with Crippen LogP contribution in [0.15, 0.2) is 12.1 Å². The fourth-order valence-electron chi connectivity index (χ4n) is 1.45. The van der Waals surface area contributed by atoms with Crippen LogP contribution in [0.5, 0.6) is 0 Å². The molecule has 0 bridgehead atoms. The predicted octanol–water partition coefficient (Wildman–Crippen LogP) is 1.76. The topological polar surface area (TPSA) is 124 Å². The molecule has 1 rings (SSSR count). The second-order valence-electron chi connectivity index (χ2n) is 3.17. The van der Waals surface area contributed by atoms with Gasteiger partial charge in [0.2, 0.25) is 0 Å². The van der Waals surface area contributed by atoms with Gasteiger partial charge in [-0.25, -0.2) is 4.79 Å². The first kappa shape index (κ1) is 12.6. The van der Waals surface area contributed by atoms with E-state index < -0.39 is 32.8 Å². The van der Waals surface area contributed by atoms with Crippen molar-refractivity contribution in [1.29, 1.82) is 0 Å². The molecule has 0 atom stereocenters. The summed E-state index contributed by atoms with van der Waals surface area (Å²) < 4.78 is 0. The van der Waals surface area contributed by atoms with Crippen LogP contribution in [0.4, 0.5) is 11.4 Å². The van der Waals surface area contributed by atoms with E-state index in [2.05, 4.69) is 0 Å². The van der Waals surface area contributed by atoms with Crippen LogP contribution in [0.2, 0.25) is 0 Å². The first-order valence-corrected chi connectivity index (χ1v) is 4.57. The van der Waals surface area contributed by atoms with Gasteiger partial charge in [0.15, 0.2) is 0 Å². The molecule has 0 unspecified atom stereocenters. The maximum absolute atomic E-state index is 10.7. The number of nitro benzene ring substituents is 2. The number of carboxylic acids is 1. The van der Waals surface area contributed by atoms with E-state index in [4.69, 9.17) is 5.11 Å². The summed E-state index contributed by atoms with van der Waals surface area (Å²) >= 11 is 0. The van der Waals surface area contributed by atoms with Gasteiger partial charge in [-0.15, -0.1) is 0 Å². The largest absolute Gasteiger partial charge is 0.478 e. The Morgan fingerprint density at radius 3 is 1.88 bits per heavy atom. The van der Waals surface area contributed by atoms with Crippen molar-refractivity contribution in [3.05, 3.63) is 43.5 Å². The molecule has 0 spiro atoms. The van der Waals surface area contributed by atoms with E-state index in [-0.39, 0.29) is 12.0 Å². The molecule has 0 aromatic heterocycles. The lowest BCUT2D eigenvalue weighted by molar-refractivity contribution is -0.395. The highest BCUT2D eigenvalue weighted by molar-refractivity contribution is 5.90. The van der Waals surface area contributed by atoms with Crippen molar-refractivity contribution >= 4 is 17.3 Å². The molecule has 90 valence electrons. The van der Waals surface area contributed by atoms with E-state index in [0.717, 1.165) is 12.1 Å². The van der Waals surface area contributed by atoms with Crippen molar-refractivity contribution in [2.24, 2.45) is 0 Å². The van der Waals surface area contributed by atoms with Gasteiger partial charge < -0.3 is 5.11 Å². The number of nitro groups is 2. The third kappa shape index (κ3) is 2.36. The van der Waals surface area contributed by atoms with Gasteiger partial charge in [0, 0.05) is 12.1 Å². The molecule has 0 fully saturated rings. The van der Waals surface area contributed by atoms with E-state index in [9.17, 15) is 25.0 Å². The number of benzene rings is 1. The van der Waals surface area contributed by atoms with Gasteiger partial charge in [0.25, 0.3) is 11.4 Å². The quantitative estimate of drug-likeness (QED) is 0.631. The lowest BCUT2D eigenvalue weighted by Crippen LogP contribution is -2.05. The highest BCUT2D eigenvalue weighted by atomic mass is 16.6. The fourth-order valence-corrected chi connectivity index (χ4v) is 1.45. The van der Waals surface area contributed by atoms with E-state index >= 15 is 0 Å². The lowest BCUT2D eigenvalue weighted by Gasteiger charge is -2.03. The number of carbonyl (C=O) groups is 1. The minimum absolute atomic E-state index is 0.0759. The summed E-state index contributed by atoms with van der Waals surface area (Å²) in [5.74, 6) is -1.45. The van der Waals surface area contributed by atoms with Crippen LogP contribution in [0.3, 0.4) is 0 Å². The summed E-state index contributed by atoms with van der Waals surface area (Å²) in [4.78, 5) is 30.5. The number of hydrogen-bond donors (Lipinski definition) is 1. The van der Waals surface area contributed by atoms with Gasteiger partial charge >= 0.3 is 5.97 Å². The lowest BCUT2D eigenvalue weighted by atomic mass is 10.0. The van der Waals surface area contributed by atoms with E-state index in [1.807, 2.05) is 0 Å². The van der Waals surface area contributed by atoms with Crippen molar-refractivity contribution in [1.82, 2.24) is 0 Å². The molecular weight excluding hydrogens is 232 g/mol. The monoisotopic (exact) mass is 240 g/mol.